The van der Waals surface area contributed by atoms with Crippen LogP contribution in [-0.2, 0) is 14.3 Å². The number of rotatable bonds is 9. The van der Waals surface area contributed by atoms with Crippen molar-refractivity contribution in [3.8, 4) is 0 Å². The molecule has 2 aromatic rings. The van der Waals surface area contributed by atoms with Crippen LogP contribution in [0.5, 0.6) is 0 Å². The first kappa shape index (κ1) is 30.2. The van der Waals surface area contributed by atoms with Gasteiger partial charge in [-0.15, -0.1) is 0 Å². The summed E-state index contributed by atoms with van der Waals surface area (Å²) in [5.74, 6) is -0.726. The number of alkyl carbamates (subject to hydrolysis) is 1. The molecule has 0 bridgehead atoms. The van der Waals surface area contributed by atoms with Crippen LogP contribution in [0, 0.1) is 13.8 Å². The van der Waals surface area contributed by atoms with Crippen LogP contribution in [0.3, 0.4) is 0 Å². The Labute approximate surface area is 226 Å². The molecular formula is C29H41N3O4S. The quantitative estimate of drug-likeness (QED) is 0.359. The van der Waals surface area contributed by atoms with Gasteiger partial charge in [0.15, 0.2) is 0 Å². The van der Waals surface area contributed by atoms with Gasteiger partial charge in [-0.25, -0.2) is 4.79 Å². The number of thiol groups is 1. The Morgan fingerprint density at radius 1 is 0.973 bits per heavy atom. The van der Waals surface area contributed by atoms with Gasteiger partial charge in [-0.1, -0.05) is 55.0 Å². The third-order valence-electron chi connectivity index (χ3n) is 6.23. The van der Waals surface area contributed by atoms with Crippen molar-refractivity contribution in [2.24, 2.45) is 0 Å². The zero-order valence-electron chi connectivity index (χ0n) is 23.2. The molecule has 0 aliphatic carbocycles. The Bertz CT molecular complexity index is 1090. The van der Waals surface area contributed by atoms with Crippen LogP contribution >= 0.6 is 12.6 Å². The predicted molar refractivity (Wildman–Crippen MR) is 152 cm³/mol. The highest BCUT2D eigenvalue weighted by molar-refractivity contribution is 7.80. The first-order valence-corrected chi connectivity index (χ1v) is 13.2. The van der Waals surface area contributed by atoms with E-state index in [1.165, 1.54) is 0 Å². The molecule has 0 aliphatic heterocycles. The molecule has 2 N–H and O–H groups in total. The molecule has 0 heterocycles. The van der Waals surface area contributed by atoms with Crippen LogP contribution in [0.4, 0.5) is 10.5 Å². The molecule has 2 aromatic carbocycles. The molecule has 0 fully saturated rings. The molecule has 2 rings (SSSR count). The van der Waals surface area contributed by atoms with Gasteiger partial charge in [-0.3, -0.25) is 9.59 Å². The van der Waals surface area contributed by atoms with E-state index in [1.807, 2.05) is 83.1 Å². The lowest BCUT2D eigenvalue weighted by Gasteiger charge is -2.44. The lowest BCUT2D eigenvalue weighted by atomic mass is 9.91. The second-order valence-corrected chi connectivity index (χ2v) is 11.2. The average Bonchev–Trinajstić information content (AvgIpc) is 2.81. The van der Waals surface area contributed by atoms with Crippen LogP contribution in [0.15, 0.2) is 48.5 Å². The molecular weight excluding hydrogens is 486 g/mol. The van der Waals surface area contributed by atoms with E-state index in [0.717, 1.165) is 11.1 Å². The molecule has 0 aromatic heterocycles. The molecule has 0 aliphatic rings. The van der Waals surface area contributed by atoms with Crippen LogP contribution in [0.2, 0.25) is 0 Å². The van der Waals surface area contributed by atoms with Gasteiger partial charge in [-0.05, 0) is 72.1 Å². The fraction of sp³-hybridized carbons (Fsp3) is 0.483. The summed E-state index contributed by atoms with van der Waals surface area (Å²) >= 11 is 4.36. The number of aryl methyl sites for hydroxylation is 2. The minimum Gasteiger partial charge on any atom is -0.444 e. The predicted octanol–water partition coefficient (Wildman–Crippen LogP) is 5.82. The van der Waals surface area contributed by atoms with Crippen molar-refractivity contribution in [2.75, 3.05) is 11.1 Å². The minimum absolute atomic E-state index is 0.0361. The number of ether oxygens (including phenoxy) is 1. The molecule has 3 amide bonds. The molecule has 0 radical (unpaired) electrons. The molecule has 0 saturated carbocycles. The van der Waals surface area contributed by atoms with Crippen LogP contribution in [0.1, 0.15) is 70.7 Å². The molecule has 2 unspecified atom stereocenters. The Kier molecular flexibility index (Phi) is 10.2. The van der Waals surface area contributed by atoms with Crippen molar-refractivity contribution in [1.29, 1.82) is 0 Å². The summed E-state index contributed by atoms with van der Waals surface area (Å²) in [7, 11) is 0. The van der Waals surface area contributed by atoms with Gasteiger partial charge in [0.25, 0.3) is 5.91 Å². The fourth-order valence-corrected chi connectivity index (χ4v) is 4.08. The first-order valence-electron chi connectivity index (χ1n) is 12.6. The van der Waals surface area contributed by atoms with Gasteiger partial charge in [0, 0.05) is 17.0 Å². The molecule has 0 saturated heterocycles. The monoisotopic (exact) mass is 527 g/mol. The Balaban J connectivity index is 2.57. The summed E-state index contributed by atoms with van der Waals surface area (Å²) in [4.78, 5) is 42.2. The smallest absolute Gasteiger partial charge is 0.408 e. The first-order chi connectivity index (χ1) is 17.2. The number of anilines is 1. The Hall–Kier alpha value is -3.00. The maximum Gasteiger partial charge on any atom is 0.408 e. The van der Waals surface area contributed by atoms with Gasteiger partial charge >= 0.3 is 6.09 Å². The maximum atomic E-state index is 14.1. The zero-order chi connectivity index (χ0) is 28.0. The summed E-state index contributed by atoms with van der Waals surface area (Å²) in [5.41, 5.74) is 1.83. The zero-order valence-corrected chi connectivity index (χ0v) is 24.1. The number of benzene rings is 2. The lowest BCUT2D eigenvalue weighted by molar-refractivity contribution is -0.147. The average molecular weight is 528 g/mol. The van der Waals surface area contributed by atoms with E-state index in [4.69, 9.17) is 4.74 Å². The van der Waals surface area contributed by atoms with Gasteiger partial charge < -0.3 is 20.3 Å². The van der Waals surface area contributed by atoms with Gasteiger partial charge in [0.2, 0.25) is 5.91 Å². The second-order valence-electron chi connectivity index (χ2n) is 10.9. The van der Waals surface area contributed by atoms with Crippen LogP contribution < -0.4 is 10.6 Å². The van der Waals surface area contributed by atoms with Crippen molar-refractivity contribution in [1.82, 2.24) is 10.2 Å². The Morgan fingerprint density at radius 2 is 1.57 bits per heavy atom. The number of carbonyl (C=O) groups is 3. The van der Waals surface area contributed by atoms with Crippen molar-refractivity contribution >= 4 is 36.2 Å². The molecule has 37 heavy (non-hydrogen) atoms. The van der Waals surface area contributed by atoms with E-state index < -0.39 is 35.2 Å². The summed E-state index contributed by atoms with van der Waals surface area (Å²) in [6, 6.07) is 13.1. The highest BCUT2D eigenvalue weighted by atomic mass is 32.1. The van der Waals surface area contributed by atoms with Gasteiger partial charge in [0.1, 0.15) is 17.7 Å². The second kappa shape index (κ2) is 12.5. The van der Waals surface area contributed by atoms with Crippen molar-refractivity contribution in [3.63, 3.8) is 0 Å². The standard InChI is InChI=1S/C29H41N3O4S/c1-9-29(7,8)32(26(34)23(18-37)31-27(35)36-28(4,5)6)24(21-16-14-19(2)15-17-21)25(33)30-22-13-11-10-12-20(22)3/h10-17,23-24,37H,9,18H2,1-8H3,(H,30,33)(H,31,35). The van der Waals surface area contributed by atoms with E-state index in [9.17, 15) is 14.4 Å². The lowest BCUT2D eigenvalue weighted by Crippen LogP contribution is -2.59. The highest BCUT2D eigenvalue weighted by Crippen LogP contribution is 2.33. The number of nitrogens with zero attached hydrogens (tertiary/aromatic N) is 1. The van der Waals surface area contributed by atoms with E-state index in [-0.39, 0.29) is 11.7 Å². The number of hydrogen-bond acceptors (Lipinski definition) is 5. The number of nitrogens with one attached hydrogen (secondary N) is 2. The van der Waals surface area contributed by atoms with E-state index in [0.29, 0.717) is 17.7 Å². The number of amides is 3. The number of hydrogen-bond donors (Lipinski definition) is 3. The summed E-state index contributed by atoms with van der Waals surface area (Å²) in [5, 5.41) is 5.67. The molecule has 0 spiro atoms. The summed E-state index contributed by atoms with van der Waals surface area (Å²) in [6.45, 7) is 14.9. The number of carbonyl (C=O) groups excluding carboxylic acids is 3. The number of para-hydroxylation sites is 1. The molecule has 2 atom stereocenters. The SMILES string of the molecule is CCC(C)(C)N(C(=O)C(CS)NC(=O)OC(C)(C)C)C(C(=O)Nc1ccccc1C)c1ccc(C)cc1. The summed E-state index contributed by atoms with van der Waals surface area (Å²) in [6.07, 6.45) is -0.143. The molecule has 8 heteroatoms. The van der Waals surface area contributed by atoms with Gasteiger partial charge in [-0.2, -0.15) is 12.6 Å². The van der Waals surface area contributed by atoms with E-state index in [1.54, 1.807) is 25.7 Å². The van der Waals surface area contributed by atoms with Crippen LogP contribution in [-0.4, -0.2) is 45.7 Å². The normalized spacial score (nSPS) is 13.3. The minimum atomic E-state index is -0.997. The van der Waals surface area contributed by atoms with Crippen LogP contribution in [0.25, 0.3) is 0 Å². The third kappa shape index (κ3) is 8.25. The molecule has 7 nitrogen and oxygen atoms in total. The third-order valence-corrected chi connectivity index (χ3v) is 6.59. The largest absolute Gasteiger partial charge is 0.444 e. The maximum absolute atomic E-state index is 14.1. The fourth-order valence-electron chi connectivity index (χ4n) is 3.83. The van der Waals surface area contributed by atoms with Crippen molar-refractivity contribution in [2.45, 2.75) is 85.0 Å². The highest BCUT2D eigenvalue weighted by Gasteiger charge is 2.43. The van der Waals surface area contributed by atoms with E-state index in [2.05, 4.69) is 23.3 Å². The van der Waals surface area contributed by atoms with Gasteiger partial charge in [0.05, 0.1) is 0 Å². The van der Waals surface area contributed by atoms with E-state index >= 15 is 0 Å². The van der Waals surface area contributed by atoms with Crippen molar-refractivity contribution in [3.05, 3.63) is 65.2 Å². The molecule has 202 valence electrons. The Morgan fingerprint density at radius 3 is 2.08 bits per heavy atom. The topological polar surface area (TPSA) is 87.7 Å². The van der Waals surface area contributed by atoms with Crippen molar-refractivity contribution < 1.29 is 19.1 Å². The summed E-state index contributed by atoms with van der Waals surface area (Å²) < 4.78 is 5.38.